The largest absolute Gasteiger partial charge is 0.363 e. The van der Waals surface area contributed by atoms with E-state index in [0.717, 1.165) is 4.48 Å². The monoisotopic (exact) mass is 189 g/mol. The van der Waals surface area contributed by atoms with Crippen molar-refractivity contribution in [3.05, 3.63) is 22.8 Å². The standard InChI is InChI=1S/C6H8BrNO/c1-9-6-4-5(7)2-3-8-6/h2-4,6,8H,1H3. The lowest BCUT2D eigenvalue weighted by Gasteiger charge is -2.14. The maximum absolute atomic E-state index is 4.99. The Balaban J connectivity index is 2.55. The molecule has 0 bridgehead atoms. The number of dihydropyridines is 1. The van der Waals surface area contributed by atoms with E-state index in [9.17, 15) is 0 Å². The maximum atomic E-state index is 4.99. The van der Waals surface area contributed by atoms with Crippen LogP contribution in [0.15, 0.2) is 22.8 Å². The van der Waals surface area contributed by atoms with Crippen LogP contribution in [0.2, 0.25) is 0 Å². The van der Waals surface area contributed by atoms with Crippen molar-refractivity contribution in [2.24, 2.45) is 0 Å². The summed E-state index contributed by atoms with van der Waals surface area (Å²) in [7, 11) is 1.66. The van der Waals surface area contributed by atoms with E-state index >= 15 is 0 Å². The minimum absolute atomic E-state index is 0.0179. The highest BCUT2D eigenvalue weighted by atomic mass is 79.9. The van der Waals surface area contributed by atoms with E-state index < -0.39 is 0 Å². The Morgan fingerprint density at radius 1 is 1.78 bits per heavy atom. The van der Waals surface area contributed by atoms with Gasteiger partial charge in [0.25, 0.3) is 0 Å². The lowest BCUT2D eigenvalue weighted by Crippen LogP contribution is -2.25. The Labute approximate surface area is 62.7 Å². The summed E-state index contributed by atoms with van der Waals surface area (Å²) >= 11 is 3.32. The zero-order valence-electron chi connectivity index (χ0n) is 5.10. The van der Waals surface area contributed by atoms with Crippen LogP contribution < -0.4 is 5.32 Å². The third-order valence-electron chi connectivity index (χ3n) is 1.07. The van der Waals surface area contributed by atoms with Crippen molar-refractivity contribution >= 4 is 15.9 Å². The molecule has 1 N–H and O–H groups in total. The second kappa shape index (κ2) is 3.03. The Hall–Kier alpha value is -0.280. The minimum atomic E-state index is 0.0179. The van der Waals surface area contributed by atoms with Crippen molar-refractivity contribution < 1.29 is 4.74 Å². The molecule has 0 spiro atoms. The van der Waals surface area contributed by atoms with E-state index in [1.54, 1.807) is 7.11 Å². The predicted molar refractivity (Wildman–Crippen MR) is 40.1 cm³/mol. The van der Waals surface area contributed by atoms with Crippen molar-refractivity contribution in [2.45, 2.75) is 6.23 Å². The second-order valence-electron chi connectivity index (χ2n) is 1.71. The molecule has 1 heterocycles. The molecular formula is C6H8BrNO. The van der Waals surface area contributed by atoms with Crippen LogP contribution in [0.3, 0.4) is 0 Å². The van der Waals surface area contributed by atoms with Gasteiger partial charge in [0.2, 0.25) is 0 Å². The van der Waals surface area contributed by atoms with Crippen LogP contribution in [0.1, 0.15) is 0 Å². The fourth-order valence-electron chi connectivity index (χ4n) is 0.607. The average molecular weight is 190 g/mol. The van der Waals surface area contributed by atoms with Gasteiger partial charge in [-0.05, 0) is 18.4 Å². The summed E-state index contributed by atoms with van der Waals surface area (Å²) in [6.07, 6.45) is 5.73. The van der Waals surface area contributed by atoms with Gasteiger partial charge < -0.3 is 10.1 Å². The average Bonchev–Trinajstić information content (AvgIpc) is 1.88. The van der Waals surface area contributed by atoms with E-state index in [1.165, 1.54) is 0 Å². The second-order valence-corrected chi connectivity index (χ2v) is 2.62. The Morgan fingerprint density at radius 3 is 3.00 bits per heavy atom. The molecule has 0 aromatic rings. The van der Waals surface area contributed by atoms with Crippen molar-refractivity contribution in [2.75, 3.05) is 7.11 Å². The molecule has 0 aromatic carbocycles. The molecule has 0 amide bonds. The molecular weight excluding hydrogens is 182 g/mol. The highest BCUT2D eigenvalue weighted by Gasteiger charge is 2.02. The first-order chi connectivity index (χ1) is 4.33. The van der Waals surface area contributed by atoms with Crippen LogP contribution in [0.25, 0.3) is 0 Å². The number of hydrogen-bond acceptors (Lipinski definition) is 2. The molecule has 0 saturated heterocycles. The number of nitrogens with one attached hydrogen (secondary N) is 1. The zero-order valence-corrected chi connectivity index (χ0v) is 6.68. The number of halogens is 1. The van der Waals surface area contributed by atoms with Crippen molar-refractivity contribution in [3.63, 3.8) is 0 Å². The van der Waals surface area contributed by atoms with E-state index in [0.29, 0.717) is 0 Å². The molecule has 0 fully saturated rings. The first-order valence-corrected chi connectivity index (χ1v) is 3.45. The zero-order chi connectivity index (χ0) is 6.69. The first kappa shape index (κ1) is 6.83. The normalized spacial score (nSPS) is 25.1. The van der Waals surface area contributed by atoms with Gasteiger partial charge in [0.1, 0.15) is 6.23 Å². The van der Waals surface area contributed by atoms with Gasteiger partial charge in [0.05, 0.1) is 0 Å². The van der Waals surface area contributed by atoms with Gasteiger partial charge in [0.15, 0.2) is 0 Å². The molecule has 1 aliphatic rings. The van der Waals surface area contributed by atoms with Crippen LogP contribution >= 0.6 is 15.9 Å². The lowest BCUT2D eigenvalue weighted by molar-refractivity contribution is 0.123. The Morgan fingerprint density at radius 2 is 2.56 bits per heavy atom. The number of hydrogen-bond donors (Lipinski definition) is 1. The third kappa shape index (κ3) is 1.84. The van der Waals surface area contributed by atoms with Gasteiger partial charge in [-0.25, -0.2) is 0 Å². The summed E-state index contributed by atoms with van der Waals surface area (Å²) in [6, 6.07) is 0. The van der Waals surface area contributed by atoms with Gasteiger partial charge in [-0.15, -0.1) is 0 Å². The van der Waals surface area contributed by atoms with Crippen LogP contribution in [-0.4, -0.2) is 13.3 Å². The molecule has 1 aliphatic heterocycles. The Kier molecular flexibility index (Phi) is 2.30. The van der Waals surface area contributed by atoms with E-state index in [1.807, 2.05) is 18.4 Å². The summed E-state index contributed by atoms with van der Waals surface area (Å²) in [5.41, 5.74) is 0. The highest BCUT2D eigenvalue weighted by Crippen LogP contribution is 2.10. The number of allylic oxidation sites excluding steroid dienone is 2. The molecule has 3 heteroatoms. The van der Waals surface area contributed by atoms with E-state index in [4.69, 9.17) is 4.74 Å². The van der Waals surface area contributed by atoms with Crippen molar-refractivity contribution in [1.82, 2.24) is 5.32 Å². The fraction of sp³-hybridized carbons (Fsp3) is 0.333. The van der Waals surface area contributed by atoms with Crippen molar-refractivity contribution in [1.29, 1.82) is 0 Å². The first-order valence-electron chi connectivity index (χ1n) is 2.65. The number of methoxy groups -OCH3 is 1. The summed E-state index contributed by atoms with van der Waals surface area (Å²) in [6.45, 7) is 0. The molecule has 1 atom stereocenters. The number of ether oxygens (including phenoxy) is 1. The maximum Gasteiger partial charge on any atom is 0.147 e. The van der Waals surface area contributed by atoms with Gasteiger partial charge in [-0.1, -0.05) is 15.9 Å². The summed E-state index contributed by atoms with van der Waals surface area (Å²) in [5, 5.41) is 2.99. The molecule has 1 rings (SSSR count). The van der Waals surface area contributed by atoms with E-state index in [-0.39, 0.29) is 6.23 Å². The summed E-state index contributed by atoms with van der Waals surface area (Å²) in [5.74, 6) is 0. The van der Waals surface area contributed by atoms with Gasteiger partial charge >= 0.3 is 0 Å². The smallest absolute Gasteiger partial charge is 0.147 e. The van der Waals surface area contributed by atoms with Crippen LogP contribution in [0.5, 0.6) is 0 Å². The Bertz CT molecular complexity index is 153. The molecule has 9 heavy (non-hydrogen) atoms. The highest BCUT2D eigenvalue weighted by molar-refractivity contribution is 9.11. The van der Waals surface area contributed by atoms with Crippen LogP contribution in [0.4, 0.5) is 0 Å². The van der Waals surface area contributed by atoms with Gasteiger partial charge in [-0.2, -0.15) is 0 Å². The van der Waals surface area contributed by atoms with Gasteiger partial charge in [-0.3, -0.25) is 0 Å². The van der Waals surface area contributed by atoms with Crippen LogP contribution in [0, 0.1) is 0 Å². The topological polar surface area (TPSA) is 21.3 Å². The minimum Gasteiger partial charge on any atom is -0.363 e. The lowest BCUT2D eigenvalue weighted by atomic mass is 10.4. The molecule has 50 valence electrons. The molecule has 1 unspecified atom stereocenters. The quantitative estimate of drug-likeness (QED) is 0.673. The number of rotatable bonds is 1. The predicted octanol–water partition coefficient (Wildman–Crippen LogP) is 1.35. The summed E-state index contributed by atoms with van der Waals surface area (Å²) < 4.78 is 6.04. The molecule has 0 aliphatic carbocycles. The van der Waals surface area contributed by atoms with E-state index in [2.05, 4.69) is 21.2 Å². The van der Waals surface area contributed by atoms with Crippen molar-refractivity contribution in [3.8, 4) is 0 Å². The van der Waals surface area contributed by atoms with Crippen LogP contribution in [-0.2, 0) is 4.74 Å². The SMILES string of the molecule is COC1C=C(Br)C=CN1. The molecule has 0 radical (unpaired) electrons. The fourth-order valence-corrected chi connectivity index (χ4v) is 0.979. The summed E-state index contributed by atoms with van der Waals surface area (Å²) in [4.78, 5) is 0. The molecule has 0 saturated carbocycles. The molecule has 0 aromatic heterocycles. The van der Waals surface area contributed by atoms with Gasteiger partial charge in [0, 0.05) is 11.6 Å². The third-order valence-corrected chi connectivity index (χ3v) is 1.60. The molecule has 2 nitrogen and oxygen atoms in total.